The molecule has 0 saturated carbocycles. The van der Waals surface area contributed by atoms with Crippen LogP contribution in [0.2, 0.25) is 0 Å². The van der Waals surface area contributed by atoms with Gasteiger partial charge in [-0.1, -0.05) is 0 Å². The molecule has 0 aromatic carbocycles. The molecular weight excluding hydrogens is 316 g/mol. The number of hydrogen-bond donors (Lipinski definition) is 0. The van der Waals surface area contributed by atoms with Gasteiger partial charge in [-0.05, 0) is 39.9 Å². The molecule has 2 aromatic heterocycles. The molecule has 0 amide bonds. The smallest absolute Gasteiger partial charge is 0.257 e. The molecule has 1 fully saturated rings. The van der Waals surface area contributed by atoms with E-state index in [9.17, 15) is 0 Å². The summed E-state index contributed by atoms with van der Waals surface area (Å²) in [6.45, 7) is 3.98. The van der Waals surface area contributed by atoms with E-state index in [1.165, 1.54) is 5.82 Å². The normalized spacial score (nSPS) is 17.9. The van der Waals surface area contributed by atoms with E-state index >= 15 is 0 Å². The number of anilines is 1. The minimum atomic E-state index is 0.412. The van der Waals surface area contributed by atoms with E-state index in [1.807, 2.05) is 6.20 Å². The van der Waals surface area contributed by atoms with Crippen LogP contribution >= 0.6 is 0 Å². The van der Waals surface area contributed by atoms with Gasteiger partial charge in [0, 0.05) is 50.3 Å². The Morgan fingerprint density at radius 2 is 2.04 bits per heavy atom. The minimum Gasteiger partial charge on any atom is -0.478 e. The number of aromatic nitrogens is 4. The van der Waals surface area contributed by atoms with Gasteiger partial charge in [-0.25, -0.2) is 15.0 Å². The van der Waals surface area contributed by atoms with Crippen molar-refractivity contribution in [1.29, 1.82) is 0 Å². The number of rotatable bonds is 7. The Hall–Kier alpha value is -2.15. The summed E-state index contributed by atoms with van der Waals surface area (Å²) < 4.78 is 7.69. The Balaban J connectivity index is 1.71. The molecule has 1 aliphatic heterocycles. The molecule has 0 spiro atoms. The van der Waals surface area contributed by atoms with Gasteiger partial charge in [0.05, 0.1) is 7.11 Å². The molecule has 3 heterocycles. The standard InChI is InChI=1S/C18H28N6O/c1-22(2)10-5-12-23-13-9-20-16(23)15-6-4-11-24(14-15)17-18(25-3)21-8-7-19-17/h7-9,13,15H,4-6,10-12,14H2,1-3H3/t15-/m1/s1. The van der Waals surface area contributed by atoms with Gasteiger partial charge in [-0.2, -0.15) is 0 Å². The fraction of sp³-hybridized carbons (Fsp3) is 0.611. The Bertz CT molecular complexity index is 671. The quantitative estimate of drug-likeness (QED) is 0.766. The average Bonchev–Trinajstić information content (AvgIpc) is 3.10. The predicted octanol–water partition coefficient (Wildman–Crippen LogP) is 2.02. The van der Waals surface area contributed by atoms with Crippen molar-refractivity contribution in [3.8, 4) is 5.88 Å². The molecule has 136 valence electrons. The lowest BCUT2D eigenvalue weighted by Crippen LogP contribution is -2.36. The third-order valence-corrected chi connectivity index (χ3v) is 4.68. The number of nitrogens with zero attached hydrogens (tertiary/aromatic N) is 6. The van der Waals surface area contributed by atoms with Gasteiger partial charge in [0.25, 0.3) is 5.88 Å². The van der Waals surface area contributed by atoms with Gasteiger partial charge in [-0.3, -0.25) is 0 Å². The average molecular weight is 344 g/mol. The summed E-state index contributed by atoms with van der Waals surface area (Å²) in [5.74, 6) is 3.03. The van der Waals surface area contributed by atoms with Crippen LogP contribution in [-0.4, -0.2) is 65.3 Å². The summed E-state index contributed by atoms with van der Waals surface area (Å²) >= 11 is 0. The fourth-order valence-corrected chi connectivity index (χ4v) is 3.49. The molecule has 3 rings (SSSR count). The molecule has 0 aliphatic carbocycles. The zero-order valence-corrected chi connectivity index (χ0v) is 15.4. The van der Waals surface area contributed by atoms with Gasteiger partial charge in [0.1, 0.15) is 5.82 Å². The van der Waals surface area contributed by atoms with Crippen LogP contribution in [0.25, 0.3) is 0 Å². The van der Waals surface area contributed by atoms with Crippen LogP contribution in [0.1, 0.15) is 31.0 Å². The van der Waals surface area contributed by atoms with Crippen LogP contribution in [0.5, 0.6) is 5.88 Å². The molecule has 1 saturated heterocycles. The maximum Gasteiger partial charge on any atom is 0.257 e. The second-order valence-corrected chi connectivity index (χ2v) is 6.81. The SMILES string of the molecule is COc1nccnc1N1CCC[C@@H](c2nccn2CCCN(C)C)C1. The molecular formula is C18H28N6O. The maximum atomic E-state index is 5.38. The van der Waals surface area contributed by atoms with E-state index in [0.29, 0.717) is 11.8 Å². The number of ether oxygens (including phenoxy) is 1. The second-order valence-electron chi connectivity index (χ2n) is 6.81. The maximum absolute atomic E-state index is 5.38. The topological polar surface area (TPSA) is 59.3 Å². The first-order valence-corrected chi connectivity index (χ1v) is 8.94. The minimum absolute atomic E-state index is 0.412. The first-order chi connectivity index (χ1) is 12.2. The van der Waals surface area contributed by atoms with Gasteiger partial charge in [-0.15, -0.1) is 0 Å². The highest BCUT2D eigenvalue weighted by Crippen LogP contribution is 2.31. The lowest BCUT2D eigenvalue weighted by molar-refractivity contribution is 0.378. The first-order valence-electron chi connectivity index (χ1n) is 8.94. The summed E-state index contributed by atoms with van der Waals surface area (Å²) in [5, 5.41) is 0. The van der Waals surface area contributed by atoms with Crippen molar-refractivity contribution >= 4 is 5.82 Å². The summed E-state index contributed by atoms with van der Waals surface area (Å²) in [7, 11) is 5.87. The summed E-state index contributed by atoms with van der Waals surface area (Å²) in [6, 6.07) is 0. The first kappa shape index (κ1) is 17.7. The predicted molar refractivity (Wildman–Crippen MR) is 98.2 cm³/mol. The summed E-state index contributed by atoms with van der Waals surface area (Å²) in [4.78, 5) is 17.9. The number of hydrogen-bond acceptors (Lipinski definition) is 6. The molecule has 0 N–H and O–H groups in total. The van der Waals surface area contributed by atoms with Crippen LogP contribution in [0, 0.1) is 0 Å². The van der Waals surface area contributed by atoms with Crippen LogP contribution in [0.3, 0.4) is 0 Å². The molecule has 0 radical (unpaired) electrons. The number of methoxy groups -OCH3 is 1. The van der Waals surface area contributed by atoms with E-state index < -0.39 is 0 Å². The Morgan fingerprint density at radius 1 is 1.20 bits per heavy atom. The van der Waals surface area contributed by atoms with Crippen LogP contribution in [-0.2, 0) is 6.54 Å². The third-order valence-electron chi connectivity index (χ3n) is 4.68. The Kier molecular flexibility index (Phi) is 5.86. The molecule has 1 aliphatic rings. The summed E-state index contributed by atoms with van der Waals surface area (Å²) in [6.07, 6.45) is 10.8. The molecule has 0 unspecified atom stereocenters. The highest BCUT2D eigenvalue weighted by Gasteiger charge is 2.27. The van der Waals surface area contributed by atoms with Crippen LogP contribution < -0.4 is 9.64 Å². The van der Waals surface area contributed by atoms with Crippen molar-refractivity contribution < 1.29 is 4.74 Å². The van der Waals surface area contributed by atoms with E-state index in [2.05, 4.69) is 49.6 Å². The fourth-order valence-electron chi connectivity index (χ4n) is 3.49. The molecule has 1 atom stereocenters. The van der Waals surface area contributed by atoms with Crippen LogP contribution in [0.4, 0.5) is 5.82 Å². The van der Waals surface area contributed by atoms with E-state index in [4.69, 9.17) is 4.74 Å². The molecule has 7 heteroatoms. The van der Waals surface area contributed by atoms with Gasteiger partial charge < -0.3 is 19.1 Å². The molecule has 0 bridgehead atoms. The van der Waals surface area contributed by atoms with E-state index in [0.717, 1.165) is 51.3 Å². The van der Waals surface area contributed by atoms with Crippen LogP contribution in [0.15, 0.2) is 24.8 Å². The molecule has 2 aromatic rings. The van der Waals surface area contributed by atoms with Crippen molar-refractivity contribution in [2.75, 3.05) is 45.7 Å². The van der Waals surface area contributed by atoms with E-state index in [-0.39, 0.29) is 0 Å². The number of aryl methyl sites for hydroxylation is 1. The highest BCUT2D eigenvalue weighted by atomic mass is 16.5. The largest absolute Gasteiger partial charge is 0.478 e. The van der Waals surface area contributed by atoms with Crippen molar-refractivity contribution in [1.82, 2.24) is 24.4 Å². The Labute approximate surface area is 149 Å². The van der Waals surface area contributed by atoms with Crippen molar-refractivity contribution in [2.45, 2.75) is 31.7 Å². The van der Waals surface area contributed by atoms with Gasteiger partial charge in [0.2, 0.25) is 0 Å². The van der Waals surface area contributed by atoms with E-state index in [1.54, 1.807) is 19.5 Å². The molecule has 7 nitrogen and oxygen atoms in total. The lowest BCUT2D eigenvalue weighted by atomic mass is 9.97. The lowest BCUT2D eigenvalue weighted by Gasteiger charge is -2.33. The zero-order chi connectivity index (χ0) is 17.6. The number of imidazole rings is 1. The van der Waals surface area contributed by atoms with Crippen molar-refractivity contribution in [3.05, 3.63) is 30.6 Å². The van der Waals surface area contributed by atoms with Crippen molar-refractivity contribution in [2.24, 2.45) is 0 Å². The van der Waals surface area contributed by atoms with Crippen molar-refractivity contribution in [3.63, 3.8) is 0 Å². The monoisotopic (exact) mass is 344 g/mol. The van der Waals surface area contributed by atoms with Gasteiger partial charge in [0.15, 0.2) is 5.82 Å². The Morgan fingerprint density at radius 3 is 2.84 bits per heavy atom. The highest BCUT2D eigenvalue weighted by molar-refractivity contribution is 5.48. The zero-order valence-electron chi connectivity index (χ0n) is 15.4. The third kappa shape index (κ3) is 4.28. The summed E-state index contributed by atoms with van der Waals surface area (Å²) in [5.41, 5.74) is 0. The molecule has 25 heavy (non-hydrogen) atoms. The van der Waals surface area contributed by atoms with Gasteiger partial charge >= 0.3 is 0 Å². The second kappa shape index (κ2) is 8.29. The number of piperidine rings is 1.